The van der Waals surface area contributed by atoms with Gasteiger partial charge in [0.1, 0.15) is 67.6 Å². The largest absolute Gasteiger partial charge is 0.472 e. The molecule has 9 N–H and O–H groups in total. The number of aliphatic hydroxyl groups excluding tert-OH is 8. The van der Waals surface area contributed by atoms with Gasteiger partial charge in [-0.15, -0.1) is 0 Å². The van der Waals surface area contributed by atoms with E-state index in [9.17, 15) is 59.9 Å². The lowest BCUT2D eigenvalue weighted by atomic mass is 9.84. The number of phosphoric acid groups is 1. The van der Waals surface area contributed by atoms with Gasteiger partial charge in [-0.3, -0.25) is 18.6 Å². The van der Waals surface area contributed by atoms with Crippen LogP contribution in [0.4, 0.5) is 0 Å². The Morgan fingerprint density at radius 1 is 0.486 bits per heavy atom. The van der Waals surface area contributed by atoms with E-state index in [4.69, 9.17) is 28.0 Å². The van der Waals surface area contributed by atoms with Gasteiger partial charge in [0.2, 0.25) is 0 Å². The first kappa shape index (κ1) is 64.8. The summed E-state index contributed by atoms with van der Waals surface area (Å²) >= 11 is 0. The maximum absolute atomic E-state index is 13.4. The molecule has 0 aromatic rings. The maximum atomic E-state index is 13.4. The van der Waals surface area contributed by atoms with E-state index >= 15 is 0 Å². The van der Waals surface area contributed by atoms with Crippen molar-refractivity contribution < 1.29 is 87.9 Å². The van der Waals surface area contributed by atoms with E-state index < -0.39 is 113 Å². The average Bonchev–Trinajstić information content (AvgIpc) is 3.34. The Hall–Kier alpha value is -1.35. The number of aliphatic hydroxyl groups is 8. The molecule has 2 rings (SSSR count). The summed E-state index contributed by atoms with van der Waals surface area (Å²) in [6.45, 7) is 2.27. The highest BCUT2D eigenvalue weighted by molar-refractivity contribution is 7.47. The van der Waals surface area contributed by atoms with Gasteiger partial charge in [-0.25, -0.2) is 4.57 Å². The predicted molar refractivity (Wildman–Crippen MR) is 263 cm³/mol. The maximum Gasteiger partial charge on any atom is 0.472 e. The Bertz CT molecular complexity index is 1360. The van der Waals surface area contributed by atoms with E-state index in [0.29, 0.717) is 12.8 Å². The number of phosphoric ester groups is 1. The highest BCUT2D eigenvalue weighted by atomic mass is 31.2. The summed E-state index contributed by atoms with van der Waals surface area (Å²) in [5, 5.41) is 83.0. The molecule has 0 radical (unpaired) electrons. The lowest BCUT2D eigenvalue weighted by Gasteiger charge is -2.47. The van der Waals surface area contributed by atoms with Crippen molar-refractivity contribution in [1.82, 2.24) is 0 Å². The molecule has 1 saturated heterocycles. The van der Waals surface area contributed by atoms with Crippen molar-refractivity contribution in [2.75, 3.05) is 19.8 Å². The van der Waals surface area contributed by atoms with Crippen LogP contribution in [0.25, 0.3) is 0 Å². The highest BCUT2D eigenvalue weighted by Crippen LogP contribution is 2.48. The normalized spacial score (nSPS) is 27.3. The summed E-state index contributed by atoms with van der Waals surface area (Å²) in [4.78, 5) is 36.6. The van der Waals surface area contributed by atoms with Gasteiger partial charge in [0.15, 0.2) is 12.4 Å². The Labute approximate surface area is 419 Å². The smallest absolute Gasteiger partial charge is 0.462 e. The van der Waals surface area contributed by atoms with Gasteiger partial charge in [0.05, 0.1) is 13.2 Å². The number of carbonyl (C=O) groups excluding carboxylic acids is 2. The summed E-state index contributed by atoms with van der Waals surface area (Å²) in [6.07, 6.45) is 11.7. The molecule has 0 bridgehead atoms. The lowest BCUT2D eigenvalue weighted by molar-refractivity contribution is -0.338. The van der Waals surface area contributed by atoms with Crippen LogP contribution in [0, 0.1) is 0 Å². The molecule has 13 atom stereocenters. The summed E-state index contributed by atoms with van der Waals surface area (Å²) in [5.74, 6) is -1.20. The third-order valence-electron chi connectivity index (χ3n) is 13.6. The van der Waals surface area contributed by atoms with Crippen molar-refractivity contribution in [3.63, 3.8) is 0 Å². The topological polar surface area (TPSA) is 289 Å². The number of unbranched alkanes of at least 4 members (excludes halogenated alkanes) is 28. The molecule has 414 valence electrons. The van der Waals surface area contributed by atoms with E-state index in [1.807, 2.05) is 0 Å². The summed E-state index contributed by atoms with van der Waals surface area (Å²) in [5.41, 5.74) is 0. The minimum absolute atomic E-state index is 0.0401. The van der Waals surface area contributed by atoms with Gasteiger partial charge in [-0.05, 0) is 12.8 Å². The SMILES string of the molecule is CCCCCCCCCCCCCCCCCC(=O)OC[C@H](COP(=O)(O)O[C@@H]1C(O)C(O)[C@@H](O)C(O)[C@H]1O[C@H]1OC(CO)[C@@H](O)C(O)[C@H]1O)OC(=O)CCCCCCCCCCCCCCCCC. The zero-order chi connectivity index (χ0) is 51.6. The number of hydrogen-bond acceptors (Lipinski definition) is 17. The van der Waals surface area contributed by atoms with E-state index in [0.717, 1.165) is 51.4 Å². The molecule has 6 unspecified atom stereocenters. The molecule has 70 heavy (non-hydrogen) atoms. The summed E-state index contributed by atoms with van der Waals surface area (Å²) in [7, 11) is -5.37. The first-order chi connectivity index (χ1) is 33.7. The molecule has 0 aromatic carbocycles. The number of carbonyl (C=O) groups is 2. The fraction of sp³-hybridized carbons (Fsp3) is 0.961. The lowest BCUT2D eigenvalue weighted by Crippen LogP contribution is -2.67. The second kappa shape index (κ2) is 39.1. The van der Waals surface area contributed by atoms with Crippen LogP contribution in [0.5, 0.6) is 0 Å². The second-order valence-corrected chi connectivity index (χ2v) is 21.2. The van der Waals surface area contributed by atoms with Crippen LogP contribution >= 0.6 is 7.82 Å². The van der Waals surface area contributed by atoms with Crippen molar-refractivity contribution in [1.29, 1.82) is 0 Å². The number of esters is 2. The van der Waals surface area contributed by atoms with Gasteiger partial charge in [-0.2, -0.15) is 0 Å². The van der Waals surface area contributed by atoms with Gasteiger partial charge >= 0.3 is 19.8 Å². The van der Waals surface area contributed by atoms with Crippen LogP contribution in [-0.4, -0.2) is 151 Å². The van der Waals surface area contributed by atoms with Gasteiger partial charge < -0.3 is 64.7 Å². The van der Waals surface area contributed by atoms with Crippen molar-refractivity contribution >= 4 is 19.8 Å². The molecule has 2 aliphatic rings. The second-order valence-electron chi connectivity index (χ2n) is 19.8. The Balaban J connectivity index is 1.91. The van der Waals surface area contributed by atoms with Crippen LogP contribution in [0.3, 0.4) is 0 Å². The quantitative estimate of drug-likeness (QED) is 0.0167. The van der Waals surface area contributed by atoms with Gasteiger partial charge in [-0.1, -0.05) is 194 Å². The molecule has 1 saturated carbocycles. The molecule has 0 aromatic heterocycles. The number of rotatable bonds is 43. The average molecular weight is 1030 g/mol. The van der Waals surface area contributed by atoms with Crippen molar-refractivity contribution in [2.45, 2.75) is 293 Å². The van der Waals surface area contributed by atoms with Crippen molar-refractivity contribution in [3.8, 4) is 0 Å². The molecule has 1 aliphatic carbocycles. The molecule has 19 heteroatoms. The molecular formula is C51H97O18P. The molecule has 1 heterocycles. The van der Waals surface area contributed by atoms with Gasteiger partial charge in [0, 0.05) is 12.8 Å². The van der Waals surface area contributed by atoms with Crippen LogP contribution < -0.4 is 0 Å². The van der Waals surface area contributed by atoms with E-state index in [1.54, 1.807) is 0 Å². The fourth-order valence-electron chi connectivity index (χ4n) is 9.06. The zero-order valence-electron chi connectivity index (χ0n) is 42.8. The van der Waals surface area contributed by atoms with Crippen LogP contribution in [-0.2, 0) is 42.1 Å². The number of hydrogen-bond donors (Lipinski definition) is 9. The minimum atomic E-state index is -5.37. The summed E-state index contributed by atoms with van der Waals surface area (Å²) in [6, 6.07) is 0. The van der Waals surface area contributed by atoms with E-state index in [1.165, 1.54) is 128 Å². The van der Waals surface area contributed by atoms with Crippen LogP contribution in [0.2, 0.25) is 0 Å². The zero-order valence-corrected chi connectivity index (χ0v) is 43.7. The van der Waals surface area contributed by atoms with Crippen LogP contribution in [0.15, 0.2) is 0 Å². The highest BCUT2D eigenvalue weighted by Gasteiger charge is 2.55. The molecule has 0 spiro atoms. The van der Waals surface area contributed by atoms with Crippen LogP contribution in [0.1, 0.15) is 219 Å². The third kappa shape index (κ3) is 27.3. The van der Waals surface area contributed by atoms with E-state index in [-0.39, 0.29) is 12.8 Å². The van der Waals surface area contributed by atoms with E-state index in [2.05, 4.69) is 13.8 Å². The predicted octanol–water partition coefficient (Wildman–Crippen LogP) is 7.11. The number of ether oxygens (including phenoxy) is 4. The summed E-state index contributed by atoms with van der Waals surface area (Å²) < 4.78 is 45.6. The Kier molecular flexibility index (Phi) is 36.2. The standard InChI is InChI=1S/C51H97O18P/c1-3-5-7-9-11-13-15-17-19-21-23-25-27-29-31-33-40(53)64-36-38(66-41(54)34-32-30-28-26-24-22-20-18-16-14-12-10-8-6-4-2)37-65-70(62,63)69-50-47(60)45(58)44(57)46(59)49(50)68-51-48(61)43(56)42(55)39(35-52)67-51/h38-39,42-52,55-61H,3-37H2,1-2H3,(H,62,63)/t38-,39?,42-,43?,44-,45?,46?,47?,48-,49-,50-,51-/m1/s1. The monoisotopic (exact) mass is 1030 g/mol. The Morgan fingerprint density at radius 2 is 0.857 bits per heavy atom. The minimum Gasteiger partial charge on any atom is -0.462 e. The van der Waals surface area contributed by atoms with Crippen molar-refractivity contribution in [2.24, 2.45) is 0 Å². The molecule has 2 fully saturated rings. The molecule has 1 aliphatic heterocycles. The Morgan fingerprint density at radius 3 is 1.27 bits per heavy atom. The first-order valence-corrected chi connectivity index (χ1v) is 28.9. The van der Waals surface area contributed by atoms with Gasteiger partial charge in [0.25, 0.3) is 0 Å². The fourth-order valence-corrected chi connectivity index (χ4v) is 10.0. The third-order valence-corrected chi connectivity index (χ3v) is 14.5. The molecule has 0 amide bonds. The molecular weight excluding hydrogens is 932 g/mol. The first-order valence-electron chi connectivity index (χ1n) is 27.4. The van der Waals surface area contributed by atoms with Crippen molar-refractivity contribution in [3.05, 3.63) is 0 Å². The molecule has 18 nitrogen and oxygen atoms in total.